The number of hydrogen-bond donors (Lipinski definition) is 1. The highest BCUT2D eigenvalue weighted by atomic mass is 28.4. The molecule has 107 heavy (non-hydrogen) atoms. The van der Waals surface area contributed by atoms with Crippen LogP contribution in [-0.4, -0.2) is 139 Å². The fraction of sp³-hybridized carbons (Fsp3) is 0.739. The molecule has 1 N–H and O–H groups in total. The zero-order valence-corrected chi connectivity index (χ0v) is 69.4. The molecule has 0 spiro atoms. The smallest absolute Gasteiger partial charge is 0.334 e. The number of cyclic esters (lactones) is 2. The summed E-state index contributed by atoms with van der Waals surface area (Å²) in [5, 5.41) is 12.6. The molecule has 0 unspecified atom stereocenters. The lowest BCUT2D eigenvalue weighted by Gasteiger charge is -2.45. The van der Waals surface area contributed by atoms with Crippen LogP contribution in [0.1, 0.15) is 306 Å². The van der Waals surface area contributed by atoms with E-state index in [0.29, 0.717) is 43.1 Å². The van der Waals surface area contributed by atoms with E-state index in [1.807, 2.05) is 32.1 Å². The molecule has 2 aromatic carbocycles. The third kappa shape index (κ3) is 31.2. The Hall–Kier alpha value is -4.46. The third-order valence-corrected chi connectivity index (χ3v) is 28.0. The van der Waals surface area contributed by atoms with Crippen molar-refractivity contribution in [2.45, 2.75) is 397 Å². The van der Waals surface area contributed by atoms with Crippen LogP contribution in [-0.2, 0) is 61.4 Å². The standard InChI is InChI=1S/C53H74O5Si.C39H70O9/c1-8-9-10-11-12-13-16-21-28-41(2)48-35-37-50(56-48)51-38-36-49(57-51)42(3)29-22-17-14-15-18-23-30-45(40-44-39-43(4)55-52(44)54)58-59(53(5,6)7,46-31-24-19-25-32-46)47-33-26-20-27-34-47;1-5-6-7-8-9-10-14-17-20-33(44-28-42-3)35-22-24-37(47-35)38-25-23-36(48-38)34(45-29-43-4)21-18-15-12-11-13-16-19-32(40)27-31-26-30(2)46-39(31)41/h14-15,19-20,24-27,31-34,39,41-43,45,48-51H,8-13,18,23,28-30,35-38,40H2,1-7H3;26,30,32-38,40H,5-25,27-29H2,1-4H3/b15-14+;/t41-,42-,43+,45-,48-,49-,50-,51-;30-,32+,33-,34-,35-,36-,37-,38-/m11/s1. The van der Waals surface area contributed by atoms with Gasteiger partial charge in [0.2, 0.25) is 0 Å². The van der Waals surface area contributed by atoms with Gasteiger partial charge in [0.15, 0.2) is 0 Å². The van der Waals surface area contributed by atoms with E-state index in [1.165, 1.54) is 100 Å². The van der Waals surface area contributed by atoms with Crippen LogP contribution in [0.25, 0.3) is 0 Å². The minimum absolute atomic E-state index is 0.0290. The molecule has 6 aliphatic heterocycles. The largest absolute Gasteiger partial charge is 0.455 e. The second kappa shape index (κ2) is 50.5. The summed E-state index contributed by atoms with van der Waals surface area (Å²) in [6, 6.07) is 21.5. The molecule has 600 valence electrons. The van der Waals surface area contributed by atoms with E-state index in [4.69, 9.17) is 51.8 Å². The van der Waals surface area contributed by atoms with Gasteiger partial charge in [0.25, 0.3) is 8.32 Å². The summed E-state index contributed by atoms with van der Waals surface area (Å²) in [5.41, 5.74) is 1.34. The molecule has 16 atom stereocenters. The first-order valence-corrected chi connectivity index (χ1v) is 44.6. The van der Waals surface area contributed by atoms with Gasteiger partial charge in [-0.05, 0) is 156 Å². The van der Waals surface area contributed by atoms with E-state index in [2.05, 4.69) is 139 Å². The molecule has 0 amide bonds. The van der Waals surface area contributed by atoms with Crippen molar-refractivity contribution in [2.24, 2.45) is 11.8 Å². The summed E-state index contributed by atoms with van der Waals surface area (Å²) < 4.78 is 67.4. The summed E-state index contributed by atoms with van der Waals surface area (Å²) in [7, 11) is 0.555. The van der Waals surface area contributed by atoms with Gasteiger partial charge >= 0.3 is 11.9 Å². The molecule has 8 rings (SSSR count). The Morgan fingerprint density at radius 3 is 1.38 bits per heavy atom. The zero-order chi connectivity index (χ0) is 76.5. The number of aliphatic hydroxyl groups excluding tert-OH is 1. The summed E-state index contributed by atoms with van der Waals surface area (Å²) >= 11 is 0. The van der Waals surface area contributed by atoms with Crippen LogP contribution in [0.2, 0.25) is 5.04 Å². The van der Waals surface area contributed by atoms with Crippen LogP contribution >= 0.6 is 0 Å². The number of carbonyl (C=O) groups is 2. The van der Waals surface area contributed by atoms with E-state index >= 15 is 0 Å². The summed E-state index contributed by atoms with van der Waals surface area (Å²) in [5.74, 6) is 13.9. The van der Waals surface area contributed by atoms with Crippen LogP contribution in [0.15, 0.2) is 96.1 Å². The Balaban J connectivity index is 0.000000305. The summed E-state index contributed by atoms with van der Waals surface area (Å²) in [4.78, 5) is 24.6. The van der Waals surface area contributed by atoms with Gasteiger partial charge in [0.05, 0.1) is 73.2 Å². The van der Waals surface area contributed by atoms with Crippen LogP contribution in [0, 0.1) is 35.5 Å². The molecule has 4 fully saturated rings. The lowest BCUT2D eigenvalue weighted by atomic mass is 9.97. The molecular formula is C92H144O14Si. The van der Waals surface area contributed by atoms with Gasteiger partial charge in [-0.25, -0.2) is 9.59 Å². The number of benzene rings is 2. The van der Waals surface area contributed by atoms with Gasteiger partial charge in [-0.2, -0.15) is 0 Å². The first-order chi connectivity index (χ1) is 52.0. The topological polar surface area (TPSA) is 156 Å². The molecule has 4 saturated heterocycles. The van der Waals surface area contributed by atoms with Gasteiger partial charge in [0.1, 0.15) is 25.8 Å². The van der Waals surface area contributed by atoms with Crippen LogP contribution < -0.4 is 10.4 Å². The number of aliphatic hydroxyl groups is 1. The second-order valence-electron chi connectivity index (χ2n) is 33.0. The monoisotopic (exact) mass is 1500 g/mol. The fourth-order valence-corrected chi connectivity index (χ4v) is 21.5. The van der Waals surface area contributed by atoms with Crippen molar-refractivity contribution in [1.82, 2.24) is 0 Å². The minimum Gasteiger partial charge on any atom is -0.455 e. The van der Waals surface area contributed by atoms with Crippen LogP contribution in [0.4, 0.5) is 0 Å². The van der Waals surface area contributed by atoms with Gasteiger partial charge in [0, 0.05) is 57.5 Å². The van der Waals surface area contributed by atoms with E-state index in [1.54, 1.807) is 14.2 Å². The van der Waals surface area contributed by atoms with E-state index in [-0.39, 0.29) is 97.0 Å². The highest BCUT2D eigenvalue weighted by molar-refractivity contribution is 6.99. The van der Waals surface area contributed by atoms with Gasteiger partial charge in [-0.3, -0.25) is 0 Å². The van der Waals surface area contributed by atoms with Crippen molar-refractivity contribution in [1.29, 1.82) is 0 Å². The number of carbonyl (C=O) groups excluding carboxylic acids is 2. The van der Waals surface area contributed by atoms with Crippen LogP contribution in [0.5, 0.6) is 0 Å². The van der Waals surface area contributed by atoms with Crippen molar-refractivity contribution in [2.75, 3.05) is 27.8 Å². The predicted octanol–water partition coefficient (Wildman–Crippen LogP) is 19.8. The number of allylic oxidation sites excluding steroid dienone is 2. The molecular weight excluding hydrogens is 1360 g/mol. The number of methoxy groups -OCH3 is 2. The average molecular weight is 1500 g/mol. The normalized spacial score (nSPS) is 24.7. The molecule has 0 aromatic heterocycles. The molecule has 15 heteroatoms. The lowest BCUT2D eigenvalue weighted by molar-refractivity contribution is -0.158. The Morgan fingerprint density at radius 2 is 0.935 bits per heavy atom. The maximum Gasteiger partial charge on any atom is 0.334 e. The highest BCUT2D eigenvalue weighted by Gasteiger charge is 2.52. The van der Waals surface area contributed by atoms with Gasteiger partial charge in [-0.15, -0.1) is 11.8 Å². The Morgan fingerprint density at radius 1 is 0.514 bits per heavy atom. The number of unbranched alkanes of at least 4 members (excludes halogenated alkanes) is 18. The third-order valence-electron chi connectivity index (χ3n) is 22.9. The first-order valence-electron chi connectivity index (χ1n) is 42.7. The number of esters is 2. The van der Waals surface area contributed by atoms with Gasteiger partial charge in [-0.1, -0.05) is 243 Å². The zero-order valence-electron chi connectivity index (χ0n) is 68.4. The van der Waals surface area contributed by atoms with Gasteiger partial charge < -0.3 is 56.9 Å². The second-order valence-corrected chi connectivity index (χ2v) is 37.2. The molecule has 0 radical (unpaired) electrons. The fourth-order valence-electron chi connectivity index (χ4n) is 16.8. The van der Waals surface area contributed by atoms with Crippen molar-refractivity contribution in [3.05, 3.63) is 96.1 Å². The number of hydrogen-bond acceptors (Lipinski definition) is 14. The summed E-state index contributed by atoms with van der Waals surface area (Å²) in [6.45, 7) is 20.4. The van der Waals surface area contributed by atoms with Crippen LogP contribution in [0.3, 0.4) is 0 Å². The van der Waals surface area contributed by atoms with Crippen molar-refractivity contribution < 1.29 is 66.5 Å². The lowest BCUT2D eigenvalue weighted by Crippen LogP contribution is -2.67. The maximum absolute atomic E-state index is 12.8. The average Bonchev–Trinajstić information content (AvgIpc) is 1.54. The summed E-state index contributed by atoms with van der Waals surface area (Å²) in [6.07, 6.45) is 49.5. The van der Waals surface area contributed by atoms with Crippen molar-refractivity contribution in [3.8, 4) is 23.7 Å². The highest BCUT2D eigenvalue weighted by Crippen LogP contribution is 2.41. The van der Waals surface area contributed by atoms with E-state index in [9.17, 15) is 14.7 Å². The molecule has 0 aliphatic carbocycles. The van der Waals surface area contributed by atoms with E-state index < -0.39 is 14.4 Å². The van der Waals surface area contributed by atoms with E-state index in [0.717, 1.165) is 147 Å². The molecule has 14 nitrogen and oxygen atoms in total. The minimum atomic E-state index is -2.80. The molecule has 6 aliphatic rings. The predicted molar refractivity (Wildman–Crippen MR) is 434 cm³/mol. The Bertz CT molecular complexity index is 2960. The molecule has 2 aromatic rings. The SMILES string of the molecule is CCCCCCCC#CC[C@@H](C)[C@H]1CC[C@H]([C@H]2CC[C@H]([C@H](C)CC#C/C=C/CCC[C@H](CC3=C[C@H](C)OC3=O)O[Si](c3ccccc3)(c3ccccc3)C(C)(C)C)O2)O1.CCCCCCCCCC[C@@H](OCOC)[C@H]1CC[C@H]([C@H]2CC[C@H]([C@@H](CCCCCCCC[C@H](O)CC3=C[C@@H](C)OC3=O)OCOC)O2)O1. The maximum atomic E-state index is 12.8. The molecule has 6 heterocycles. The molecule has 0 bridgehead atoms. The Kier molecular flexibility index (Phi) is 42.4. The number of rotatable bonds is 49. The Labute approximate surface area is 649 Å². The quantitative estimate of drug-likeness (QED) is 0.0219. The van der Waals surface area contributed by atoms with Crippen molar-refractivity contribution >= 4 is 30.6 Å². The number of ether oxygens (including phenoxy) is 10. The van der Waals surface area contributed by atoms with Crippen molar-refractivity contribution in [3.63, 3.8) is 0 Å². The molecule has 0 saturated carbocycles. The first kappa shape index (κ1) is 89.7.